The quantitative estimate of drug-likeness (QED) is 0.314. The summed E-state index contributed by atoms with van der Waals surface area (Å²) in [5.74, 6) is -0.0101. The Morgan fingerprint density at radius 1 is 1.12 bits per heavy atom. The van der Waals surface area contributed by atoms with Crippen molar-refractivity contribution in [1.82, 2.24) is 9.66 Å². The van der Waals surface area contributed by atoms with Crippen molar-refractivity contribution in [3.63, 3.8) is 0 Å². The first-order valence-electron chi connectivity index (χ1n) is 9.79. The highest BCUT2D eigenvalue weighted by Crippen LogP contribution is 2.23. The lowest BCUT2D eigenvalue weighted by molar-refractivity contribution is 0.0696. The standard InChI is InChI=1S/C24H17Br2N3O4/c1-14-28-21-7-5-19(26)11-20(21)23(30)29(14)27-12-17-10-18(25)6-8-22(17)33-13-15-3-2-4-16(9-15)24(31)32/h2-12H,13H2,1H3,(H,31,32). The Balaban J connectivity index is 1.65. The fourth-order valence-corrected chi connectivity index (χ4v) is 3.96. The zero-order valence-corrected chi connectivity index (χ0v) is 20.5. The van der Waals surface area contributed by atoms with Gasteiger partial charge in [0.05, 0.1) is 22.7 Å². The lowest BCUT2D eigenvalue weighted by Gasteiger charge is -2.11. The molecular formula is C24H17Br2N3O4. The van der Waals surface area contributed by atoms with E-state index in [-0.39, 0.29) is 17.7 Å². The van der Waals surface area contributed by atoms with Gasteiger partial charge in [-0.2, -0.15) is 9.78 Å². The summed E-state index contributed by atoms with van der Waals surface area (Å²) in [6.07, 6.45) is 1.54. The fraction of sp³-hybridized carbons (Fsp3) is 0.0833. The van der Waals surface area contributed by atoms with Crippen LogP contribution in [0, 0.1) is 6.92 Å². The van der Waals surface area contributed by atoms with Crippen molar-refractivity contribution in [3.05, 3.63) is 102 Å². The predicted molar refractivity (Wildman–Crippen MR) is 133 cm³/mol. The molecule has 0 saturated heterocycles. The van der Waals surface area contributed by atoms with Gasteiger partial charge in [0.2, 0.25) is 0 Å². The van der Waals surface area contributed by atoms with Crippen LogP contribution in [0.25, 0.3) is 10.9 Å². The van der Waals surface area contributed by atoms with E-state index < -0.39 is 5.97 Å². The highest BCUT2D eigenvalue weighted by atomic mass is 79.9. The molecule has 0 aliphatic rings. The Bertz CT molecular complexity index is 1460. The minimum atomic E-state index is -0.995. The molecule has 4 rings (SSSR count). The number of aromatic nitrogens is 2. The molecule has 0 bridgehead atoms. The Hall–Kier alpha value is -3.30. The van der Waals surface area contributed by atoms with Crippen LogP contribution in [0.5, 0.6) is 5.75 Å². The maximum Gasteiger partial charge on any atom is 0.335 e. The second-order valence-corrected chi connectivity index (χ2v) is 8.99. The molecule has 0 saturated carbocycles. The average molecular weight is 571 g/mol. The second kappa shape index (κ2) is 9.68. The highest BCUT2D eigenvalue weighted by Gasteiger charge is 2.10. The van der Waals surface area contributed by atoms with Gasteiger partial charge in [-0.05, 0) is 61.0 Å². The first kappa shape index (κ1) is 22.9. The topological polar surface area (TPSA) is 93.8 Å². The van der Waals surface area contributed by atoms with E-state index in [0.717, 1.165) is 14.5 Å². The minimum absolute atomic E-state index is 0.175. The minimum Gasteiger partial charge on any atom is -0.488 e. The summed E-state index contributed by atoms with van der Waals surface area (Å²) in [4.78, 5) is 28.6. The van der Waals surface area contributed by atoms with Crippen LogP contribution in [0.3, 0.4) is 0 Å². The Morgan fingerprint density at radius 2 is 1.88 bits per heavy atom. The van der Waals surface area contributed by atoms with Gasteiger partial charge in [-0.3, -0.25) is 4.79 Å². The molecule has 1 aromatic heterocycles. The molecule has 9 heteroatoms. The molecule has 0 amide bonds. The average Bonchev–Trinajstić information content (AvgIpc) is 2.79. The maximum absolute atomic E-state index is 13.0. The fourth-order valence-electron chi connectivity index (χ4n) is 3.22. The van der Waals surface area contributed by atoms with E-state index in [1.807, 2.05) is 18.2 Å². The first-order valence-corrected chi connectivity index (χ1v) is 11.4. The zero-order valence-electron chi connectivity index (χ0n) is 17.3. The number of carbonyl (C=O) groups is 1. The number of fused-ring (bicyclic) bond motifs is 1. The van der Waals surface area contributed by atoms with Crippen molar-refractivity contribution >= 4 is 54.9 Å². The number of nitrogens with zero attached hydrogens (tertiary/aromatic N) is 3. The van der Waals surface area contributed by atoms with Gasteiger partial charge in [0, 0.05) is 14.5 Å². The number of carboxylic acid groups (broad SMARTS) is 1. The first-order chi connectivity index (χ1) is 15.8. The van der Waals surface area contributed by atoms with Gasteiger partial charge in [-0.1, -0.05) is 44.0 Å². The van der Waals surface area contributed by atoms with Gasteiger partial charge in [-0.25, -0.2) is 9.78 Å². The largest absolute Gasteiger partial charge is 0.488 e. The van der Waals surface area contributed by atoms with Gasteiger partial charge >= 0.3 is 5.97 Å². The molecule has 0 spiro atoms. The molecule has 7 nitrogen and oxygen atoms in total. The summed E-state index contributed by atoms with van der Waals surface area (Å²) in [5.41, 5.74) is 1.87. The predicted octanol–water partition coefficient (Wildman–Crippen LogP) is 5.39. The van der Waals surface area contributed by atoms with Gasteiger partial charge in [0.15, 0.2) is 0 Å². The van der Waals surface area contributed by atoms with E-state index in [0.29, 0.717) is 28.0 Å². The van der Waals surface area contributed by atoms with E-state index in [2.05, 4.69) is 41.9 Å². The van der Waals surface area contributed by atoms with E-state index in [1.54, 1.807) is 43.3 Å². The molecule has 0 radical (unpaired) electrons. The number of ether oxygens (including phenoxy) is 1. The Morgan fingerprint density at radius 3 is 2.67 bits per heavy atom. The third-order valence-corrected chi connectivity index (χ3v) is 5.81. The lowest BCUT2D eigenvalue weighted by Crippen LogP contribution is -2.20. The van der Waals surface area contributed by atoms with Crippen molar-refractivity contribution in [2.45, 2.75) is 13.5 Å². The summed E-state index contributed by atoms with van der Waals surface area (Å²) in [5, 5.41) is 14.0. The van der Waals surface area contributed by atoms with E-state index >= 15 is 0 Å². The van der Waals surface area contributed by atoms with Crippen molar-refractivity contribution in [1.29, 1.82) is 0 Å². The van der Waals surface area contributed by atoms with Gasteiger partial charge < -0.3 is 9.84 Å². The Labute approximate surface area is 205 Å². The van der Waals surface area contributed by atoms with Crippen LogP contribution < -0.4 is 10.3 Å². The summed E-state index contributed by atoms with van der Waals surface area (Å²) < 4.78 is 8.77. The number of carboxylic acids is 1. The number of hydrogen-bond donors (Lipinski definition) is 1. The van der Waals surface area contributed by atoms with Crippen molar-refractivity contribution in [2.75, 3.05) is 0 Å². The summed E-state index contributed by atoms with van der Waals surface area (Å²) in [7, 11) is 0. The van der Waals surface area contributed by atoms with Crippen LogP contribution in [-0.4, -0.2) is 27.0 Å². The van der Waals surface area contributed by atoms with Crippen LogP contribution in [-0.2, 0) is 6.61 Å². The monoisotopic (exact) mass is 569 g/mol. The number of rotatable bonds is 6. The molecule has 0 unspecified atom stereocenters. The van der Waals surface area contributed by atoms with Crippen LogP contribution in [0.2, 0.25) is 0 Å². The third kappa shape index (κ3) is 5.20. The van der Waals surface area contributed by atoms with Crippen LogP contribution in [0.4, 0.5) is 0 Å². The molecule has 166 valence electrons. The van der Waals surface area contributed by atoms with Gasteiger partial charge in [0.25, 0.3) is 5.56 Å². The van der Waals surface area contributed by atoms with E-state index in [1.165, 1.54) is 17.0 Å². The lowest BCUT2D eigenvalue weighted by atomic mass is 10.1. The van der Waals surface area contributed by atoms with Crippen LogP contribution in [0.1, 0.15) is 27.3 Å². The van der Waals surface area contributed by atoms with Crippen LogP contribution in [0.15, 0.2) is 79.5 Å². The third-order valence-electron chi connectivity index (χ3n) is 4.82. The van der Waals surface area contributed by atoms with E-state index in [9.17, 15) is 14.7 Å². The normalized spacial score (nSPS) is 11.2. The van der Waals surface area contributed by atoms with Crippen molar-refractivity contribution < 1.29 is 14.6 Å². The second-order valence-electron chi connectivity index (χ2n) is 7.16. The molecule has 0 aliphatic heterocycles. The number of aryl methyl sites for hydroxylation is 1. The summed E-state index contributed by atoms with van der Waals surface area (Å²) in [6.45, 7) is 1.89. The van der Waals surface area contributed by atoms with Crippen molar-refractivity contribution in [2.24, 2.45) is 5.10 Å². The molecule has 0 atom stereocenters. The zero-order chi connectivity index (χ0) is 23.5. The molecule has 3 aromatic carbocycles. The molecule has 1 heterocycles. The number of halogens is 2. The van der Waals surface area contributed by atoms with E-state index in [4.69, 9.17) is 4.74 Å². The molecule has 0 aliphatic carbocycles. The Kier molecular flexibility index (Phi) is 6.71. The number of aromatic carboxylic acids is 1. The van der Waals surface area contributed by atoms with Gasteiger partial charge in [-0.15, -0.1) is 0 Å². The molecule has 33 heavy (non-hydrogen) atoms. The summed E-state index contributed by atoms with van der Waals surface area (Å²) >= 11 is 6.83. The van der Waals surface area contributed by atoms with Crippen molar-refractivity contribution in [3.8, 4) is 5.75 Å². The number of hydrogen-bond acceptors (Lipinski definition) is 5. The summed E-state index contributed by atoms with van der Waals surface area (Å²) in [6, 6.07) is 17.3. The maximum atomic E-state index is 13.0. The molecule has 1 N–H and O–H groups in total. The molecular weight excluding hydrogens is 554 g/mol. The SMILES string of the molecule is Cc1nc2ccc(Br)cc2c(=O)n1N=Cc1cc(Br)ccc1OCc1cccc(C(=O)O)c1. The molecule has 0 fully saturated rings. The molecule has 4 aromatic rings. The van der Waals surface area contributed by atoms with Gasteiger partial charge in [0.1, 0.15) is 18.2 Å². The smallest absolute Gasteiger partial charge is 0.335 e. The highest BCUT2D eigenvalue weighted by molar-refractivity contribution is 9.10. The van der Waals surface area contributed by atoms with Crippen LogP contribution >= 0.6 is 31.9 Å². The number of benzene rings is 3.